The minimum atomic E-state index is 0.854. The third-order valence-corrected chi connectivity index (χ3v) is 2.03. The van der Waals surface area contributed by atoms with Crippen molar-refractivity contribution < 1.29 is 0 Å². The van der Waals surface area contributed by atoms with Crippen molar-refractivity contribution >= 4 is 16.3 Å². The second-order valence-electron chi connectivity index (χ2n) is 1.75. The van der Waals surface area contributed by atoms with Gasteiger partial charge in [-0.2, -0.15) is 4.52 Å². The van der Waals surface area contributed by atoms with E-state index >= 15 is 0 Å². The molecule has 0 fully saturated rings. The van der Waals surface area contributed by atoms with Gasteiger partial charge in [0.05, 0.1) is 5.69 Å². The van der Waals surface area contributed by atoms with Gasteiger partial charge in [-0.3, -0.25) is 0 Å². The molecule has 0 aromatic carbocycles. The van der Waals surface area contributed by atoms with Crippen LogP contribution in [0.5, 0.6) is 0 Å². The first-order valence-electron chi connectivity index (χ1n) is 2.50. The maximum atomic E-state index is 3.76. The van der Waals surface area contributed by atoms with Crippen molar-refractivity contribution in [2.75, 3.05) is 0 Å². The Bertz CT molecular complexity index is 322. The van der Waals surface area contributed by atoms with Crippen molar-refractivity contribution in [1.29, 1.82) is 0 Å². The minimum absolute atomic E-state index is 0.854. The van der Waals surface area contributed by atoms with E-state index in [1.165, 1.54) is 0 Å². The molecular weight excluding hydrogens is 136 g/mol. The number of hydrogen-bond acceptors (Lipinski definition) is 4. The van der Waals surface area contributed by atoms with E-state index in [-0.39, 0.29) is 0 Å². The zero-order valence-corrected chi connectivity index (χ0v) is 5.59. The van der Waals surface area contributed by atoms with E-state index in [2.05, 4.69) is 15.5 Å². The molecule has 0 aliphatic heterocycles. The molecule has 0 aliphatic carbocycles. The van der Waals surface area contributed by atoms with Crippen LogP contribution in [0.25, 0.3) is 4.96 Å². The zero-order chi connectivity index (χ0) is 6.27. The Balaban J connectivity index is 2.99. The van der Waals surface area contributed by atoms with Gasteiger partial charge in [-0.15, -0.1) is 11.3 Å². The topological polar surface area (TPSA) is 43.1 Å². The molecule has 0 spiro atoms. The van der Waals surface area contributed by atoms with Crippen LogP contribution in [0.4, 0.5) is 0 Å². The van der Waals surface area contributed by atoms with E-state index in [0.29, 0.717) is 0 Å². The van der Waals surface area contributed by atoms with E-state index < -0.39 is 0 Å². The van der Waals surface area contributed by atoms with Crippen molar-refractivity contribution in [3.8, 4) is 0 Å². The first kappa shape index (κ1) is 4.87. The molecular formula is C4H4N4S. The average molecular weight is 140 g/mol. The highest BCUT2D eigenvalue weighted by molar-refractivity contribution is 7.15. The number of aryl methyl sites for hydroxylation is 1. The molecule has 0 atom stereocenters. The zero-order valence-electron chi connectivity index (χ0n) is 4.77. The van der Waals surface area contributed by atoms with Gasteiger partial charge >= 0.3 is 0 Å². The number of rotatable bonds is 0. The van der Waals surface area contributed by atoms with E-state index in [1.54, 1.807) is 15.9 Å². The third-order valence-electron chi connectivity index (χ3n) is 1.11. The molecule has 46 valence electrons. The van der Waals surface area contributed by atoms with Gasteiger partial charge < -0.3 is 0 Å². The van der Waals surface area contributed by atoms with Crippen LogP contribution in [-0.4, -0.2) is 20.0 Å². The number of fused-ring (bicyclic) bond motifs is 1. The van der Waals surface area contributed by atoms with Crippen molar-refractivity contribution in [2.45, 2.75) is 6.92 Å². The lowest BCUT2D eigenvalue weighted by atomic mass is 10.6. The van der Waals surface area contributed by atoms with E-state index in [0.717, 1.165) is 10.7 Å². The second-order valence-corrected chi connectivity index (χ2v) is 2.59. The van der Waals surface area contributed by atoms with Gasteiger partial charge in [0, 0.05) is 5.38 Å². The van der Waals surface area contributed by atoms with Crippen LogP contribution < -0.4 is 0 Å². The van der Waals surface area contributed by atoms with Crippen molar-refractivity contribution in [3.63, 3.8) is 0 Å². The number of aromatic nitrogens is 4. The Morgan fingerprint density at radius 3 is 3.33 bits per heavy atom. The van der Waals surface area contributed by atoms with Crippen LogP contribution in [0.1, 0.15) is 5.69 Å². The molecule has 5 heteroatoms. The Morgan fingerprint density at radius 1 is 1.67 bits per heavy atom. The van der Waals surface area contributed by atoms with Gasteiger partial charge in [-0.1, -0.05) is 5.10 Å². The summed E-state index contributed by atoms with van der Waals surface area (Å²) in [6.45, 7) is 1.97. The third kappa shape index (κ3) is 0.547. The predicted molar refractivity (Wildman–Crippen MR) is 33.4 cm³/mol. The summed E-state index contributed by atoms with van der Waals surface area (Å²) in [5, 5.41) is 13.0. The van der Waals surface area contributed by atoms with E-state index in [1.807, 2.05) is 12.3 Å². The first-order valence-corrected chi connectivity index (χ1v) is 3.38. The Labute approximate surface area is 55.1 Å². The van der Waals surface area contributed by atoms with Gasteiger partial charge in [0.15, 0.2) is 0 Å². The highest BCUT2D eigenvalue weighted by Crippen LogP contribution is 2.09. The molecule has 2 aromatic rings. The molecule has 0 amide bonds. The molecule has 0 aliphatic rings. The van der Waals surface area contributed by atoms with Gasteiger partial charge in [-0.05, 0) is 17.4 Å². The van der Waals surface area contributed by atoms with Crippen LogP contribution in [0.15, 0.2) is 5.38 Å². The summed E-state index contributed by atoms with van der Waals surface area (Å²) >= 11 is 1.55. The van der Waals surface area contributed by atoms with Crippen LogP contribution >= 0.6 is 11.3 Å². The highest BCUT2D eigenvalue weighted by atomic mass is 32.1. The number of nitrogens with zero attached hydrogens (tertiary/aromatic N) is 4. The van der Waals surface area contributed by atoms with E-state index in [9.17, 15) is 0 Å². The normalized spacial score (nSPS) is 10.8. The Kier molecular flexibility index (Phi) is 0.814. The Morgan fingerprint density at radius 2 is 2.56 bits per heavy atom. The maximum Gasteiger partial charge on any atom is 0.234 e. The number of thiazole rings is 1. The standard InChI is InChI=1S/C4H4N4S/c1-3-2-9-4-5-6-7-8(3)4/h2H,1H3. The van der Waals surface area contributed by atoms with Crippen LogP contribution in [0.3, 0.4) is 0 Å². The fourth-order valence-electron chi connectivity index (χ4n) is 0.662. The Hall–Kier alpha value is -0.970. The lowest BCUT2D eigenvalue weighted by Gasteiger charge is -1.77. The molecule has 2 heterocycles. The van der Waals surface area contributed by atoms with Crippen molar-refractivity contribution in [1.82, 2.24) is 20.0 Å². The lowest BCUT2D eigenvalue weighted by molar-refractivity contribution is 0.808. The SMILES string of the molecule is Cc1csc2nnnn12. The highest BCUT2D eigenvalue weighted by Gasteiger charge is 1.99. The van der Waals surface area contributed by atoms with Gasteiger partial charge in [0.2, 0.25) is 4.96 Å². The van der Waals surface area contributed by atoms with Crippen molar-refractivity contribution in [3.05, 3.63) is 11.1 Å². The summed E-state index contributed by atoms with van der Waals surface area (Å²) < 4.78 is 1.71. The fourth-order valence-corrected chi connectivity index (χ4v) is 1.40. The fraction of sp³-hybridized carbons (Fsp3) is 0.250. The van der Waals surface area contributed by atoms with E-state index in [4.69, 9.17) is 0 Å². The summed E-state index contributed by atoms with van der Waals surface area (Å²) in [5.41, 5.74) is 1.08. The molecule has 0 N–H and O–H groups in total. The molecule has 9 heavy (non-hydrogen) atoms. The van der Waals surface area contributed by atoms with Crippen LogP contribution in [0.2, 0.25) is 0 Å². The summed E-state index contributed by atoms with van der Waals surface area (Å²) in [6, 6.07) is 0. The molecule has 4 nitrogen and oxygen atoms in total. The largest absolute Gasteiger partial charge is 0.234 e. The molecule has 0 saturated carbocycles. The predicted octanol–water partition coefficient (Wildman–Crippen LogP) is 0.494. The molecule has 0 radical (unpaired) electrons. The summed E-state index contributed by atoms with van der Waals surface area (Å²) in [5.74, 6) is 0. The molecule has 0 unspecified atom stereocenters. The maximum absolute atomic E-state index is 3.76. The minimum Gasteiger partial charge on any atom is -0.188 e. The van der Waals surface area contributed by atoms with Gasteiger partial charge in [0.1, 0.15) is 0 Å². The van der Waals surface area contributed by atoms with Crippen LogP contribution in [-0.2, 0) is 0 Å². The van der Waals surface area contributed by atoms with Gasteiger partial charge in [0.25, 0.3) is 0 Å². The summed E-state index contributed by atoms with van der Waals surface area (Å²) in [4.78, 5) is 0.854. The molecule has 0 bridgehead atoms. The average Bonchev–Trinajstić information content (AvgIpc) is 2.35. The molecule has 2 rings (SSSR count). The van der Waals surface area contributed by atoms with Crippen LogP contribution in [0, 0.1) is 6.92 Å². The number of hydrogen-bond donors (Lipinski definition) is 0. The monoisotopic (exact) mass is 140 g/mol. The first-order chi connectivity index (χ1) is 4.38. The number of tetrazole rings is 1. The lowest BCUT2D eigenvalue weighted by Crippen LogP contribution is -1.84. The molecule has 2 aromatic heterocycles. The molecule has 0 saturated heterocycles. The van der Waals surface area contributed by atoms with Gasteiger partial charge in [-0.25, -0.2) is 0 Å². The van der Waals surface area contributed by atoms with Crippen molar-refractivity contribution in [2.24, 2.45) is 0 Å². The summed E-state index contributed by atoms with van der Waals surface area (Å²) in [7, 11) is 0. The quantitative estimate of drug-likeness (QED) is 0.535. The summed E-state index contributed by atoms with van der Waals surface area (Å²) in [6.07, 6.45) is 0. The second kappa shape index (κ2) is 1.51. The smallest absolute Gasteiger partial charge is 0.188 e.